The van der Waals surface area contributed by atoms with Crippen molar-refractivity contribution in [2.24, 2.45) is 0 Å². The second-order valence-corrected chi connectivity index (χ2v) is 14.7. The summed E-state index contributed by atoms with van der Waals surface area (Å²) < 4.78 is 13.3. The first-order chi connectivity index (χ1) is 14.0. The van der Waals surface area contributed by atoms with Gasteiger partial charge < -0.3 is 0 Å². The maximum absolute atomic E-state index is 13.3. The van der Waals surface area contributed by atoms with Crippen LogP contribution in [-0.4, -0.2) is 10.8 Å². The lowest BCUT2D eigenvalue weighted by atomic mass is 10.1. The average Bonchev–Trinajstić information content (AvgIpc) is 3.08. The van der Waals surface area contributed by atoms with Gasteiger partial charge in [0.2, 0.25) is 0 Å². The highest BCUT2D eigenvalue weighted by atomic mass is 31.1. The summed E-state index contributed by atoms with van der Waals surface area (Å²) in [6, 6.07) is 13.9. The number of benzene rings is 2. The van der Waals surface area contributed by atoms with Crippen LogP contribution < -0.4 is 10.6 Å². The summed E-state index contributed by atoms with van der Waals surface area (Å²) in [5.74, 6) is 0. The maximum atomic E-state index is 13.3. The fourth-order valence-electron chi connectivity index (χ4n) is 4.38. The molecule has 0 saturated heterocycles. The summed E-state index contributed by atoms with van der Waals surface area (Å²) in [4.78, 5) is 0. The van der Waals surface area contributed by atoms with Gasteiger partial charge in [-0.05, 0) is 85.1 Å². The third-order valence-electron chi connectivity index (χ3n) is 5.63. The molecule has 0 fully saturated rings. The molecule has 0 aliphatic heterocycles. The van der Waals surface area contributed by atoms with E-state index in [4.69, 9.17) is 0 Å². The van der Waals surface area contributed by atoms with E-state index in [0.717, 1.165) is 11.7 Å². The van der Waals surface area contributed by atoms with Gasteiger partial charge >= 0.3 is 7.80 Å². The van der Waals surface area contributed by atoms with Gasteiger partial charge in [0.1, 0.15) is 0 Å². The number of hydrogen-bond donors (Lipinski definition) is 0. The molecule has 0 aromatic heterocycles. The van der Waals surface area contributed by atoms with Crippen LogP contribution in [0.4, 0.5) is 0 Å². The lowest BCUT2D eigenvalue weighted by Crippen LogP contribution is -2.23. The van der Waals surface area contributed by atoms with Gasteiger partial charge in [0.15, 0.2) is 10.5 Å². The van der Waals surface area contributed by atoms with Crippen molar-refractivity contribution < 1.29 is 4.57 Å². The van der Waals surface area contributed by atoms with Crippen LogP contribution >= 0.6 is 15.7 Å². The van der Waals surface area contributed by atoms with Crippen molar-refractivity contribution in [3.05, 3.63) is 81.7 Å². The van der Waals surface area contributed by atoms with E-state index in [0.29, 0.717) is 5.66 Å². The van der Waals surface area contributed by atoms with E-state index in [-0.39, 0.29) is 5.16 Å². The van der Waals surface area contributed by atoms with E-state index in [1.807, 2.05) is 0 Å². The van der Waals surface area contributed by atoms with Gasteiger partial charge in [0.25, 0.3) is 0 Å². The topological polar surface area (TPSA) is 17.1 Å². The van der Waals surface area contributed by atoms with Crippen molar-refractivity contribution >= 4 is 26.3 Å². The highest BCUT2D eigenvalue weighted by Gasteiger charge is 2.42. The van der Waals surface area contributed by atoms with E-state index in [2.05, 4.69) is 104 Å². The van der Waals surface area contributed by atoms with E-state index >= 15 is 0 Å². The molecule has 1 unspecified atom stereocenters. The molecule has 1 aliphatic rings. The number of rotatable bonds is 5. The van der Waals surface area contributed by atoms with Crippen molar-refractivity contribution in [2.75, 3.05) is 0 Å². The van der Waals surface area contributed by atoms with Gasteiger partial charge in [-0.2, -0.15) is 0 Å². The zero-order valence-corrected chi connectivity index (χ0v) is 21.5. The van der Waals surface area contributed by atoms with E-state index in [9.17, 15) is 4.57 Å². The van der Waals surface area contributed by atoms with Crippen molar-refractivity contribution in [2.45, 2.75) is 72.6 Å². The second kappa shape index (κ2) is 8.90. The van der Waals surface area contributed by atoms with Crippen LogP contribution in [0.15, 0.2) is 59.4 Å². The van der Waals surface area contributed by atoms with Gasteiger partial charge in [-0.15, -0.1) is 0 Å². The van der Waals surface area contributed by atoms with Gasteiger partial charge in [-0.25, -0.2) is 0 Å². The Morgan fingerprint density at radius 1 is 0.833 bits per heavy atom. The molecule has 0 heterocycles. The van der Waals surface area contributed by atoms with E-state index in [1.54, 1.807) is 0 Å². The van der Waals surface area contributed by atoms with Crippen molar-refractivity contribution in [1.82, 2.24) is 0 Å². The minimum absolute atomic E-state index is 0.215. The van der Waals surface area contributed by atoms with E-state index in [1.165, 1.54) is 38.4 Å². The summed E-state index contributed by atoms with van der Waals surface area (Å²) in [5.41, 5.74) is 6.97. The minimum Gasteiger partial charge on any atom is -0.0758 e. The van der Waals surface area contributed by atoms with Crippen LogP contribution in [-0.2, 0) is 4.57 Å². The molecule has 2 aromatic carbocycles. The summed E-state index contributed by atoms with van der Waals surface area (Å²) >= 11 is 0. The maximum Gasteiger partial charge on any atom is 0.382 e. The quantitative estimate of drug-likeness (QED) is 0.441. The zero-order chi connectivity index (χ0) is 22.2. The third kappa shape index (κ3) is 5.01. The van der Waals surface area contributed by atoms with Gasteiger partial charge in [-0.1, -0.05) is 76.2 Å². The first-order valence-corrected chi connectivity index (χ1v) is 13.5. The first-order valence-electron chi connectivity index (χ1n) is 10.8. The Kier molecular flexibility index (Phi) is 6.86. The molecule has 0 radical (unpaired) electrons. The molecule has 2 atom stereocenters. The van der Waals surface area contributed by atoms with Crippen molar-refractivity contribution in [3.63, 3.8) is 0 Å². The first kappa shape index (κ1) is 23.1. The highest BCUT2D eigenvalue weighted by Crippen LogP contribution is 2.54. The lowest BCUT2D eigenvalue weighted by molar-refractivity contribution is 0.570. The largest absolute Gasteiger partial charge is 0.382 e. The van der Waals surface area contributed by atoms with Gasteiger partial charge in [0, 0.05) is 5.66 Å². The summed E-state index contributed by atoms with van der Waals surface area (Å²) in [5, 5.41) is 3.72. The molecule has 0 saturated carbocycles. The standard InChI is InChI=1S/C27H35OP2/c1-18-12-19(2)15-23(14-18)29(24-16-20(3)13-21(4)17-24)22(5)25-10-9-11-26(25)30(28)27(6,7)8/h9,11-17,22H,10H2,1-8H3/q+1/t22-/m1/s1. The normalized spacial score (nSPS) is 15.8. The predicted octanol–water partition coefficient (Wildman–Crippen LogP) is 7.58. The Morgan fingerprint density at radius 3 is 1.67 bits per heavy atom. The fraction of sp³-hybridized carbons (Fsp3) is 0.407. The number of allylic oxidation sites excluding steroid dienone is 4. The van der Waals surface area contributed by atoms with Gasteiger partial charge in [0.05, 0.1) is 0 Å². The Labute approximate surface area is 185 Å². The molecule has 2 aromatic rings. The molecule has 0 N–H and O–H groups in total. The number of aryl methyl sites for hydroxylation is 4. The minimum atomic E-state index is -1.43. The molecular weight excluding hydrogens is 402 g/mol. The van der Waals surface area contributed by atoms with Crippen molar-refractivity contribution in [3.8, 4) is 0 Å². The monoisotopic (exact) mass is 437 g/mol. The summed E-state index contributed by atoms with van der Waals surface area (Å²) in [6.07, 6.45) is 5.25. The smallest absolute Gasteiger partial charge is 0.0758 e. The van der Waals surface area contributed by atoms with Crippen LogP contribution in [0.2, 0.25) is 0 Å². The van der Waals surface area contributed by atoms with Crippen LogP contribution in [0, 0.1) is 27.7 Å². The highest BCUT2D eigenvalue weighted by molar-refractivity contribution is 7.73. The molecule has 3 heteroatoms. The SMILES string of the molecule is Cc1cc(C)cc(P(c2cc(C)cc(C)c2)[C@H](C)C2=C([P+](=O)C(C)(C)C)C=CC2)c1. The zero-order valence-electron chi connectivity index (χ0n) is 19.7. The molecule has 1 aliphatic carbocycles. The third-order valence-corrected chi connectivity index (χ3v) is 10.4. The summed E-state index contributed by atoms with van der Waals surface area (Å²) in [7, 11) is -2.03. The van der Waals surface area contributed by atoms with Crippen LogP contribution in [0.5, 0.6) is 0 Å². The Bertz CT molecular complexity index is 945. The Hall–Kier alpha value is -1.55. The van der Waals surface area contributed by atoms with Crippen LogP contribution in [0.1, 0.15) is 56.4 Å². The van der Waals surface area contributed by atoms with Crippen LogP contribution in [0.25, 0.3) is 0 Å². The Balaban J connectivity index is 2.18. The predicted molar refractivity (Wildman–Crippen MR) is 136 cm³/mol. The van der Waals surface area contributed by atoms with E-state index < -0.39 is 15.7 Å². The molecule has 158 valence electrons. The molecule has 0 spiro atoms. The van der Waals surface area contributed by atoms with Crippen LogP contribution in [0.3, 0.4) is 0 Å². The second-order valence-electron chi connectivity index (χ2n) is 9.72. The molecule has 0 amide bonds. The molecule has 30 heavy (non-hydrogen) atoms. The Morgan fingerprint density at radius 2 is 1.27 bits per heavy atom. The molecule has 3 rings (SSSR count). The molecule has 0 bridgehead atoms. The summed E-state index contributed by atoms with van der Waals surface area (Å²) in [6.45, 7) is 17.4. The lowest BCUT2D eigenvalue weighted by Gasteiger charge is -2.28. The van der Waals surface area contributed by atoms with Crippen molar-refractivity contribution in [1.29, 1.82) is 0 Å². The fourth-order valence-corrected chi connectivity index (χ4v) is 9.12. The molecular formula is C27H35OP2+. The molecule has 1 nitrogen and oxygen atoms in total. The van der Waals surface area contributed by atoms with Gasteiger partial charge in [-0.3, -0.25) is 0 Å². The number of hydrogen-bond acceptors (Lipinski definition) is 1. The average molecular weight is 438 g/mol.